The number of aromatic nitrogens is 1. The lowest BCUT2D eigenvalue weighted by atomic mass is 10.1. The van der Waals surface area contributed by atoms with Crippen LogP contribution in [0.5, 0.6) is 0 Å². The molecule has 2 aromatic rings. The van der Waals surface area contributed by atoms with Gasteiger partial charge in [-0.1, -0.05) is 32.0 Å². The summed E-state index contributed by atoms with van der Waals surface area (Å²) in [6, 6.07) is 9.07. The molecule has 2 rings (SSSR count). The van der Waals surface area contributed by atoms with Crippen LogP contribution in [0, 0.1) is 13.8 Å². The van der Waals surface area contributed by atoms with Gasteiger partial charge in [0.15, 0.2) is 0 Å². The summed E-state index contributed by atoms with van der Waals surface area (Å²) in [4.78, 5) is 31.3. The summed E-state index contributed by atoms with van der Waals surface area (Å²) in [5.41, 5.74) is 3.54. The molecule has 5 nitrogen and oxygen atoms in total. The second kappa shape index (κ2) is 9.13. The molecule has 1 aromatic heterocycles. The number of anilines is 1. The predicted molar refractivity (Wildman–Crippen MR) is 105 cm³/mol. The van der Waals surface area contributed by atoms with Crippen molar-refractivity contribution in [2.24, 2.45) is 0 Å². The number of amides is 2. The monoisotopic (exact) mass is 353 g/mol. The highest BCUT2D eigenvalue weighted by Gasteiger charge is 2.18. The molecule has 1 aromatic carbocycles. The average molecular weight is 353 g/mol. The predicted octanol–water partition coefficient (Wildman–Crippen LogP) is 4.21. The van der Waals surface area contributed by atoms with Gasteiger partial charge in [-0.25, -0.2) is 0 Å². The van der Waals surface area contributed by atoms with E-state index in [1.54, 1.807) is 17.0 Å². The third-order valence-electron chi connectivity index (χ3n) is 4.24. The second-order valence-corrected chi connectivity index (χ2v) is 6.44. The summed E-state index contributed by atoms with van der Waals surface area (Å²) in [5, 5.41) is 2.95. The van der Waals surface area contributed by atoms with E-state index in [2.05, 4.69) is 10.3 Å². The van der Waals surface area contributed by atoms with Crippen LogP contribution in [0.1, 0.15) is 58.7 Å². The van der Waals surface area contributed by atoms with Crippen LogP contribution in [0.25, 0.3) is 0 Å². The van der Waals surface area contributed by atoms with Crippen molar-refractivity contribution in [3.63, 3.8) is 0 Å². The molecule has 0 aliphatic carbocycles. The topological polar surface area (TPSA) is 62.3 Å². The van der Waals surface area contributed by atoms with Gasteiger partial charge in [-0.15, -0.1) is 0 Å². The number of rotatable bonds is 7. The first-order valence-electron chi connectivity index (χ1n) is 9.10. The van der Waals surface area contributed by atoms with Gasteiger partial charge in [-0.2, -0.15) is 0 Å². The zero-order valence-electron chi connectivity index (χ0n) is 16.0. The Bertz CT molecular complexity index is 760. The van der Waals surface area contributed by atoms with Crippen LogP contribution >= 0.6 is 0 Å². The van der Waals surface area contributed by atoms with E-state index in [-0.39, 0.29) is 11.8 Å². The highest BCUT2D eigenvalue weighted by molar-refractivity contribution is 6.06. The molecule has 2 amide bonds. The number of carbonyl (C=O) groups is 2. The summed E-state index contributed by atoms with van der Waals surface area (Å²) in [6.07, 6.45) is 3.29. The Morgan fingerprint density at radius 3 is 2.23 bits per heavy atom. The van der Waals surface area contributed by atoms with Gasteiger partial charge in [-0.3, -0.25) is 14.6 Å². The number of nitrogens with zero attached hydrogens (tertiary/aromatic N) is 2. The van der Waals surface area contributed by atoms with Crippen molar-refractivity contribution in [1.82, 2.24) is 9.88 Å². The van der Waals surface area contributed by atoms with Crippen molar-refractivity contribution in [3.8, 4) is 0 Å². The van der Waals surface area contributed by atoms with Crippen LogP contribution < -0.4 is 5.32 Å². The van der Waals surface area contributed by atoms with Gasteiger partial charge >= 0.3 is 0 Å². The van der Waals surface area contributed by atoms with Crippen LogP contribution in [0.15, 0.2) is 36.5 Å². The lowest BCUT2D eigenvalue weighted by Crippen LogP contribution is -2.33. The fourth-order valence-electron chi connectivity index (χ4n) is 2.90. The van der Waals surface area contributed by atoms with Gasteiger partial charge in [0.25, 0.3) is 11.8 Å². The van der Waals surface area contributed by atoms with Crippen LogP contribution in [-0.2, 0) is 0 Å². The minimum atomic E-state index is -0.239. The number of hydrogen-bond acceptors (Lipinski definition) is 3. The first-order chi connectivity index (χ1) is 12.5. The number of para-hydroxylation sites is 1. The van der Waals surface area contributed by atoms with Gasteiger partial charge < -0.3 is 10.2 Å². The third kappa shape index (κ3) is 4.69. The quantitative estimate of drug-likeness (QED) is 0.811. The fourth-order valence-corrected chi connectivity index (χ4v) is 2.90. The van der Waals surface area contributed by atoms with E-state index in [9.17, 15) is 9.59 Å². The number of benzene rings is 1. The molecule has 0 spiro atoms. The Balaban J connectivity index is 2.22. The first-order valence-corrected chi connectivity index (χ1v) is 9.10. The normalized spacial score (nSPS) is 10.5. The molecule has 26 heavy (non-hydrogen) atoms. The number of hydrogen-bond donors (Lipinski definition) is 1. The molecule has 0 aliphatic rings. The van der Waals surface area contributed by atoms with E-state index >= 15 is 0 Å². The highest BCUT2D eigenvalue weighted by Crippen LogP contribution is 2.20. The van der Waals surface area contributed by atoms with Crippen LogP contribution in [-0.4, -0.2) is 34.8 Å². The lowest BCUT2D eigenvalue weighted by Gasteiger charge is -2.21. The Kier molecular flexibility index (Phi) is 6.89. The Morgan fingerprint density at radius 2 is 1.65 bits per heavy atom. The van der Waals surface area contributed by atoms with E-state index in [4.69, 9.17) is 0 Å². The summed E-state index contributed by atoms with van der Waals surface area (Å²) < 4.78 is 0. The molecule has 1 heterocycles. The molecule has 0 unspecified atom stereocenters. The standard InChI is InChI=1S/C21H27N3O2/c1-5-12-24(13-6-2)21(26)18-14-17(10-11-22-18)20(25)23-19-15(3)8-7-9-16(19)4/h7-11,14H,5-6,12-13H2,1-4H3,(H,23,25). The van der Waals surface area contributed by atoms with Crippen molar-refractivity contribution < 1.29 is 9.59 Å². The van der Waals surface area contributed by atoms with Crippen molar-refractivity contribution in [1.29, 1.82) is 0 Å². The minimum absolute atomic E-state index is 0.129. The van der Waals surface area contributed by atoms with Crippen LogP contribution in [0.2, 0.25) is 0 Å². The van der Waals surface area contributed by atoms with Crippen LogP contribution in [0.4, 0.5) is 5.69 Å². The first kappa shape index (κ1) is 19.6. The maximum absolute atomic E-state index is 12.7. The Labute approximate surface area is 155 Å². The molecular weight excluding hydrogens is 326 g/mol. The van der Waals surface area contributed by atoms with Gasteiger partial charge in [0.05, 0.1) is 0 Å². The molecule has 0 atom stereocenters. The van der Waals surface area contributed by atoms with E-state index in [1.165, 1.54) is 6.20 Å². The fraction of sp³-hybridized carbons (Fsp3) is 0.381. The molecule has 0 aliphatic heterocycles. The van der Waals surface area contributed by atoms with Crippen molar-refractivity contribution in [2.75, 3.05) is 18.4 Å². The van der Waals surface area contributed by atoms with Gasteiger partial charge in [-0.05, 0) is 49.9 Å². The number of pyridine rings is 1. The molecule has 0 saturated carbocycles. The number of nitrogens with one attached hydrogen (secondary N) is 1. The Hall–Kier alpha value is -2.69. The van der Waals surface area contributed by atoms with Gasteiger partial charge in [0.2, 0.25) is 0 Å². The zero-order chi connectivity index (χ0) is 19.1. The lowest BCUT2D eigenvalue weighted by molar-refractivity contribution is 0.0749. The molecular formula is C21H27N3O2. The van der Waals surface area contributed by atoms with E-state index in [1.807, 2.05) is 45.9 Å². The van der Waals surface area contributed by atoms with Crippen molar-refractivity contribution >= 4 is 17.5 Å². The van der Waals surface area contributed by atoms with E-state index < -0.39 is 0 Å². The molecule has 0 fully saturated rings. The smallest absolute Gasteiger partial charge is 0.272 e. The third-order valence-corrected chi connectivity index (χ3v) is 4.24. The highest BCUT2D eigenvalue weighted by atomic mass is 16.2. The van der Waals surface area contributed by atoms with E-state index in [0.29, 0.717) is 24.3 Å². The summed E-state index contributed by atoms with van der Waals surface area (Å²) in [6.45, 7) is 9.37. The molecule has 5 heteroatoms. The molecule has 0 radical (unpaired) electrons. The zero-order valence-corrected chi connectivity index (χ0v) is 16.0. The van der Waals surface area contributed by atoms with Crippen LogP contribution in [0.3, 0.4) is 0 Å². The van der Waals surface area contributed by atoms with Gasteiger partial charge in [0.1, 0.15) is 5.69 Å². The largest absolute Gasteiger partial charge is 0.337 e. The summed E-state index contributed by atoms with van der Waals surface area (Å²) >= 11 is 0. The minimum Gasteiger partial charge on any atom is -0.337 e. The maximum atomic E-state index is 12.7. The van der Waals surface area contributed by atoms with Gasteiger partial charge in [0, 0.05) is 30.5 Å². The summed E-state index contributed by atoms with van der Waals surface area (Å²) in [5.74, 6) is -0.369. The maximum Gasteiger partial charge on any atom is 0.272 e. The number of aryl methyl sites for hydroxylation is 2. The van der Waals surface area contributed by atoms with E-state index in [0.717, 1.165) is 29.7 Å². The summed E-state index contributed by atoms with van der Waals surface area (Å²) in [7, 11) is 0. The molecule has 138 valence electrons. The molecule has 0 saturated heterocycles. The second-order valence-electron chi connectivity index (χ2n) is 6.44. The molecule has 0 bridgehead atoms. The number of carbonyl (C=O) groups excluding carboxylic acids is 2. The van der Waals surface area contributed by atoms with Crippen molar-refractivity contribution in [2.45, 2.75) is 40.5 Å². The SMILES string of the molecule is CCCN(CCC)C(=O)c1cc(C(=O)Nc2c(C)cccc2C)ccn1. The average Bonchev–Trinajstić information content (AvgIpc) is 2.64. The van der Waals surface area contributed by atoms with Crippen molar-refractivity contribution in [3.05, 3.63) is 58.9 Å². The molecule has 1 N–H and O–H groups in total. The Morgan fingerprint density at radius 1 is 1.04 bits per heavy atom.